The fourth-order valence-corrected chi connectivity index (χ4v) is 1.79. The van der Waals surface area contributed by atoms with Crippen molar-refractivity contribution in [1.29, 1.82) is 0 Å². The Bertz CT molecular complexity index is 314. The van der Waals surface area contributed by atoms with E-state index in [2.05, 4.69) is 53.3 Å². The van der Waals surface area contributed by atoms with E-state index in [4.69, 9.17) is 4.74 Å². The molecule has 1 unspecified atom stereocenters. The van der Waals surface area contributed by atoms with Gasteiger partial charge in [0.05, 0.1) is 6.61 Å². The third kappa shape index (κ3) is 3.84. The van der Waals surface area contributed by atoms with E-state index in [1.54, 1.807) is 7.11 Å². The molecule has 1 rings (SSSR count). The van der Waals surface area contributed by atoms with Crippen LogP contribution in [0.1, 0.15) is 18.9 Å². The van der Waals surface area contributed by atoms with E-state index in [1.165, 1.54) is 5.56 Å². The van der Waals surface area contributed by atoms with E-state index in [0.29, 0.717) is 6.04 Å². The summed E-state index contributed by atoms with van der Waals surface area (Å²) >= 11 is 3.54. The van der Waals surface area contributed by atoms with E-state index >= 15 is 0 Å². The molecule has 0 spiro atoms. The average molecular weight is 272 g/mol. The standard InChI is InChI=1S/C12H18BrNO/c1-4-10(8-15-3)14-12-7-9(2)5-6-11(12)13/h5-7,10,14H,4,8H2,1-3H3. The van der Waals surface area contributed by atoms with Gasteiger partial charge in [0.1, 0.15) is 0 Å². The molecule has 0 fully saturated rings. The lowest BCUT2D eigenvalue weighted by Crippen LogP contribution is -2.24. The lowest BCUT2D eigenvalue weighted by molar-refractivity contribution is 0.184. The van der Waals surface area contributed by atoms with Gasteiger partial charge in [0.25, 0.3) is 0 Å². The van der Waals surface area contributed by atoms with E-state index in [1.807, 2.05) is 0 Å². The average Bonchev–Trinajstić information content (AvgIpc) is 2.22. The number of rotatable bonds is 5. The number of aryl methyl sites for hydroxylation is 1. The summed E-state index contributed by atoms with van der Waals surface area (Å²) in [6.07, 6.45) is 1.05. The first-order valence-electron chi connectivity index (χ1n) is 5.19. The van der Waals surface area contributed by atoms with Crippen molar-refractivity contribution in [3.63, 3.8) is 0 Å². The van der Waals surface area contributed by atoms with Crippen LogP contribution >= 0.6 is 15.9 Å². The number of benzene rings is 1. The number of hydrogen-bond acceptors (Lipinski definition) is 2. The minimum atomic E-state index is 0.369. The predicted molar refractivity (Wildman–Crippen MR) is 68.5 cm³/mol. The molecule has 0 aliphatic carbocycles. The molecule has 0 saturated carbocycles. The zero-order valence-electron chi connectivity index (χ0n) is 9.51. The molecule has 0 aliphatic rings. The number of nitrogens with one attached hydrogen (secondary N) is 1. The summed E-state index contributed by atoms with van der Waals surface area (Å²) in [7, 11) is 1.73. The maximum Gasteiger partial charge on any atom is 0.0663 e. The van der Waals surface area contributed by atoms with Gasteiger partial charge in [-0.2, -0.15) is 0 Å². The summed E-state index contributed by atoms with van der Waals surface area (Å²) in [6.45, 7) is 4.98. The highest BCUT2D eigenvalue weighted by Gasteiger charge is 2.07. The molecular weight excluding hydrogens is 254 g/mol. The number of methoxy groups -OCH3 is 1. The van der Waals surface area contributed by atoms with Crippen LogP contribution < -0.4 is 5.32 Å². The van der Waals surface area contributed by atoms with E-state index in [-0.39, 0.29) is 0 Å². The Hall–Kier alpha value is -0.540. The maximum absolute atomic E-state index is 5.16. The fraction of sp³-hybridized carbons (Fsp3) is 0.500. The van der Waals surface area contributed by atoms with Crippen molar-refractivity contribution in [3.05, 3.63) is 28.2 Å². The first-order chi connectivity index (χ1) is 7.17. The molecule has 0 aliphatic heterocycles. The summed E-state index contributed by atoms with van der Waals surface area (Å²) in [4.78, 5) is 0. The molecule has 15 heavy (non-hydrogen) atoms. The molecule has 84 valence electrons. The normalized spacial score (nSPS) is 12.5. The van der Waals surface area contributed by atoms with Crippen LogP contribution in [0.2, 0.25) is 0 Å². The van der Waals surface area contributed by atoms with Gasteiger partial charge in [-0.25, -0.2) is 0 Å². The lowest BCUT2D eigenvalue weighted by Gasteiger charge is -2.18. The van der Waals surface area contributed by atoms with Crippen LogP contribution in [0.15, 0.2) is 22.7 Å². The molecule has 1 aromatic carbocycles. The summed E-state index contributed by atoms with van der Waals surface area (Å²) in [5, 5.41) is 3.47. The summed E-state index contributed by atoms with van der Waals surface area (Å²) in [5.41, 5.74) is 2.40. The maximum atomic E-state index is 5.16. The Labute approximate surface area is 100 Å². The molecule has 1 aromatic rings. The van der Waals surface area contributed by atoms with Gasteiger partial charge in [0.15, 0.2) is 0 Å². The van der Waals surface area contributed by atoms with Gasteiger partial charge in [0, 0.05) is 23.3 Å². The van der Waals surface area contributed by atoms with Crippen LogP contribution in [0.5, 0.6) is 0 Å². The van der Waals surface area contributed by atoms with Crippen LogP contribution in [0.4, 0.5) is 5.69 Å². The largest absolute Gasteiger partial charge is 0.383 e. The Morgan fingerprint density at radius 3 is 2.80 bits per heavy atom. The molecule has 1 N–H and O–H groups in total. The zero-order chi connectivity index (χ0) is 11.3. The number of anilines is 1. The van der Waals surface area contributed by atoms with Gasteiger partial charge in [-0.05, 0) is 47.0 Å². The molecule has 2 nitrogen and oxygen atoms in total. The third-order valence-corrected chi connectivity index (χ3v) is 3.03. The molecule has 0 radical (unpaired) electrons. The molecule has 0 amide bonds. The van der Waals surface area contributed by atoms with Crippen LogP contribution in [0, 0.1) is 6.92 Å². The van der Waals surface area contributed by atoms with Crippen molar-refractivity contribution in [1.82, 2.24) is 0 Å². The van der Waals surface area contributed by atoms with Gasteiger partial charge >= 0.3 is 0 Å². The third-order valence-electron chi connectivity index (χ3n) is 2.34. The Balaban J connectivity index is 2.73. The predicted octanol–water partition coefficient (Wildman–Crippen LogP) is 3.59. The van der Waals surface area contributed by atoms with Crippen molar-refractivity contribution in [2.75, 3.05) is 19.0 Å². The second-order valence-corrected chi connectivity index (χ2v) is 4.54. The summed E-state index contributed by atoms with van der Waals surface area (Å²) < 4.78 is 6.26. The minimum Gasteiger partial charge on any atom is -0.383 e. The van der Waals surface area contributed by atoms with Crippen LogP contribution in [-0.4, -0.2) is 19.8 Å². The monoisotopic (exact) mass is 271 g/mol. The first kappa shape index (κ1) is 12.5. The SMILES string of the molecule is CCC(COC)Nc1cc(C)ccc1Br. The highest BCUT2D eigenvalue weighted by atomic mass is 79.9. The van der Waals surface area contributed by atoms with Crippen molar-refractivity contribution >= 4 is 21.6 Å². The molecule has 0 bridgehead atoms. The van der Waals surface area contributed by atoms with Crippen molar-refractivity contribution in [2.24, 2.45) is 0 Å². The topological polar surface area (TPSA) is 21.3 Å². The molecular formula is C12H18BrNO. The Morgan fingerprint density at radius 1 is 1.47 bits per heavy atom. The number of halogens is 1. The first-order valence-corrected chi connectivity index (χ1v) is 5.98. The van der Waals surface area contributed by atoms with Crippen LogP contribution in [0.25, 0.3) is 0 Å². The van der Waals surface area contributed by atoms with Crippen molar-refractivity contribution < 1.29 is 4.74 Å². The second-order valence-electron chi connectivity index (χ2n) is 3.69. The van der Waals surface area contributed by atoms with E-state index < -0.39 is 0 Å². The quantitative estimate of drug-likeness (QED) is 0.884. The Kier molecular flexibility index (Phi) is 5.12. The van der Waals surface area contributed by atoms with E-state index in [9.17, 15) is 0 Å². The molecule has 0 heterocycles. The molecule has 0 saturated heterocycles. The van der Waals surface area contributed by atoms with E-state index in [0.717, 1.165) is 23.2 Å². The number of hydrogen-bond donors (Lipinski definition) is 1. The lowest BCUT2D eigenvalue weighted by atomic mass is 10.2. The fourth-order valence-electron chi connectivity index (χ4n) is 1.43. The minimum absolute atomic E-state index is 0.369. The summed E-state index contributed by atoms with van der Waals surface area (Å²) in [6, 6.07) is 6.67. The van der Waals surface area contributed by atoms with Gasteiger partial charge in [-0.1, -0.05) is 13.0 Å². The molecule has 3 heteroatoms. The Morgan fingerprint density at radius 2 is 2.20 bits per heavy atom. The highest BCUT2D eigenvalue weighted by Crippen LogP contribution is 2.24. The van der Waals surface area contributed by atoms with Gasteiger partial charge in [-0.3, -0.25) is 0 Å². The summed E-state index contributed by atoms with van der Waals surface area (Å²) in [5.74, 6) is 0. The number of ether oxygens (including phenoxy) is 1. The smallest absolute Gasteiger partial charge is 0.0663 e. The van der Waals surface area contributed by atoms with Gasteiger partial charge < -0.3 is 10.1 Å². The van der Waals surface area contributed by atoms with Crippen molar-refractivity contribution in [2.45, 2.75) is 26.3 Å². The van der Waals surface area contributed by atoms with Gasteiger partial charge in [0.2, 0.25) is 0 Å². The second kappa shape index (κ2) is 6.13. The zero-order valence-corrected chi connectivity index (χ0v) is 11.1. The highest BCUT2D eigenvalue weighted by molar-refractivity contribution is 9.10. The van der Waals surface area contributed by atoms with Crippen molar-refractivity contribution in [3.8, 4) is 0 Å². The molecule has 1 atom stereocenters. The van der Waals surface area contributed by atoms with Gasteiger partial charge in [-0.15, -0.1) is 0 Å². The van der Waals surface area contributed by atoms with Crippen LogP contribution in [0.3, 0.4) is 0 Å². The van der Waals surface area contributed by atoms with Crippen LogP contribution in [-0.2, 0) is 4.74 Å². The molecule has 0 aromatic heterocycles.